The Hall–Kier alpha value is -1.27. The van der Waals surface area contributed by atoms with Crippen LogP contribution < -0.4 is 4.90 Å². The van der Waals surface area contributed by atoms with Gasteiger partial charge in [-0.05, 0) is 28.8 Å². The van der Waals surface area contributed by atoms with E-state index >= 15 is 0 Å². The van der Waals surface area contributed by atoms with Crippen LogP contribution in [-0.2, 0) is 0 Å². The van der Waals surface area contributed by atoms with Crippen LogP contribution in [0.2, 0.25) is 5.02 Å². The van der Waals surface area contributed by atoms with E-state index in [1.165, 1.54) is 0 Å². The second-order valence-corrected chi connectivity index (χ2v) is 5.66. The molecule has 1 fully saturated rings. The van der Waals surface area contributed by atoms with Crippen molar-refractivity contribution < 1.29 is 0 Å². The van der Waals surface area contributed by atoms with Crippen LogP contribution >= 0.6 is 27.5 Å². The summed E-state index contributed by atoms with van der Waals surface area (Å²) in [6.45, 7) is 0.908. The third-order valence-electron chi connectivity index (χ3n) is 3.05. The molecule has 0 spiro atoms. The van der Waals surface area contributed by atoms with Gasteiger partial charge >= 0.3 is 0 Å². The minimum Gasteiger partial charge on any atom is -0.331 e. The van der Waals surface area contributed by atoms with E-state index in [1.807, 2.05) is 0 Å². The quantitative estimate of drug-likeness (QED) is 0.841. The zero-order valence-electron chi connectivity index (χ0n) is 10.0. The van der Waals surface area contributed by atoms with Gasteiger partial charge in [0.2, 0.25) is 5.95 Å². The van der Waals surface area contributed by atoms with Crippen LogP contribution in [0.3, 0.4) is 0 Å². The van der Waals surface area contributed by atoms with Crippen molar-refractivity contribution >= 4 is 33.5 Å². The third-order valence-corrected chi connectivity index (χ3v) is 3.66. The van der Waals surface area contributed by atoms with E-state index in [-0.39, 0.29) is 6.04 Å². The maximum atomic E-state index is 5.82. The van der Waals surface area contributed by atoms with Crippen LogP contribution in [0.5, 0.6) is 0 Å². The first-order valence-electron chi connectivity index (χ1n) is 5.95. The molecular formula is C12H11BrClN5. The zero-order valence-corrected chi connectivity index (χ0v) is 12.3. The predicted molar refractivity (Wildman–Crippen MR) is 76.1 cm³/mol. The molecule has 2 aromatic rings. The normalized spacial score (nSPS) is 18.8. The number of hydrogen-bond acceptors (Lipinski definition) is 5. The fourth-order valence-corrected chi connectivity index (χ4v) is 2.52. The van der Waals surface area contributed by atoms with Crippen molar-refractivity contribution in [1.82, 2.24) is 19.9 Å². The van der Waals surface area contributed by atoms with Gasteiger partial charge in [-0.2, -0.15) is 0 Å². The smallest absolute Gasteiger partial charge is 0.225 e. The second kappa shape index (κ2) is 5.38. The average Bonchev–Trinajstić information content (AvgIpc) is 2.90. The molecule has 98 valence electrons. The van der Waals surface area contributed by atoms with E-state index in [2.05, 4.69) is 40.8 Å². The highest BCUT2D eigenvalue weighted by Gasteiger charge is 2.29. The first kappa shape index (κ1) is 12.7. The lowest BCUT2D eigenvalue weighted by atomic mass is 10.2. The lowest BCUT2D eigenvalue weighted by molar-refractivity contribution is 0.652. The van der Waals surface area contributed by atoms with Gasteiger partial charge in [0.05, 0.1) is 27.9 Å². The average molecular weight is 341 g/mol. The molecule has 3 rings (SSSR count). The van der Waals surface area contributed by atoms with E-state index in [0.717, 1.165) is 29.7 Å². The monoisotopic (exact) mass is 339 g/mol. The van der Waals surface area contributed by atoms with Gasteiger partial charge in [-0.25, -0.2) is 19.9 Å². The van der Waals surface area contributed by atoms with E-state index in [9.17, 15) is 0 Å². The van der Waals surface area contributed by atoms with Crippen molar-refractivity contribution in [3.63, 3.8) is 0 Å². The van der Waals surface area contributed by atoms with Crippen LogP contribution in [0.4, 0.5) is 5.95 Å². The van der Waals surface area contributed by atoms with Crippen molar-refractivity contribution in [2.75, 3.05) is 11.4 Å². The molecule has 0 aliphatic carbocycles. The summed E-state index contributed by atoms with van der Waals surface area (Å²) in [6.07, 6.45) is 8.84. The molecule has 0 radical (unpaired) electrons. The third kappa shape index (κ3) is 2.69. The largest absolute Gasteiger partial charge is 0.331 e. The minimum absolute atomic E-state index is 0.134. The molecule has 5 nitrogen and oxygen atoms in total. The van der Waals surface area contributed by atoms with Crippen LogP contribution in [0.15, 0.2) is 29.3 Å². The number of hydrogen-bond donors (Lipinski definition) is 0. The van der Waals surface area contributed by atoms with E-state index in [1.54, 1.807) is 24.8 Å². The number of nitrogens with zero attached hydrogens (tertiary/aromatic N) is 5. The molecule has 2 aromatic heterocycles. The highest BCUT2D eigenvalue weighted by atomic mass is 79.9. The van der Waals surface area contributed by atoms with Crippen LogP contribution in [0.25, 0.3) is 0 Å². The molecule has 0 saturated carbocycles. The Morgan fingerprint density at radius 3 is 2.47 bits per heavy atom. The highest BCUT2D eigenvalue weighted by molar-refractivity contribution is 9.10. The second-order valence-electron chi connectivity index (χ2n) is 4.31. The number of anilines is 1. The summed E-state index contributed by atoms with van der Waals surface area (Å²) in [6, 6.07) is 0.134. The molecule has 1 atom stereocenters. The molecule has 1 saturated heterocycles. The van der Waals surface area contributed by atoms with Gasteiger partial charge in [-0.15, -0.1) is 0 Å². The molecule has 1 aliphatic rings. The highest BCUT2D eigenvalue weighted by Crippen LogP contribution is 2.32. The Morgan fingerprint density at radius 1 is 1.11 bits per heavy atom. The number of halogens is 2. The summed E-state index contributed by atoms with van der Waals surface area (Å²) >= 11 is 9.16. The summed E-state index contributed by atoms with van der Waals surface area (Å²) in [4.78, 5) is 19.4. The van der Waals surface area contributed by atoms with E-state index < -0.39 is 0 Å². The summed E-state index contributed by atoms with van der Waals surface area (Å²) in [5.41, 5.74) is 0. The topological polar surface area (TPSA) is 54.8 Å². The molecule has 0 N–H and O–H groups in total. The van der Waals surface area contributed by atoms with Crippen LogP contribution in [-0.4, -0.2) is 26.5 Å². The summed E-state index contributed by atoms with van der Waals surface area (Å²) in [5.74, 6) is 1.48. The Morgan fingerprint density at radius 2 is 1.79 bits per heavy atom. The van der Waals surface area contributed by atoms with E-state index in [4.69, 9.17) is 11.6 Å². The molecule has 3 heterocycles. The maximum Gasteiger partial charge on any atom is 0.225 e. The van der Waals surface area contributed by atoms with Gasteiger partial charge in [0, 0.05) is 18.9 Å². The molecule has 0 aromatic carbocycles. The predicted octanol–water partition coefficient (Wildman–Crippen LogP) is 3.02. The van der Waals surface area contributed by atoms with Crippen molar-refractivity contribution in [3.05, 3.63) is 40.1 Å². The fourth-order valence-electron chi connectivity index (χ4n) is 2.22. The van der Waals surface area contributed by atoms with Crippen molar-refractivity contribution in [2.45, 2.75) is 18.9 Å². The van der Waals surface area contributed by atoms with Crippen LogP contribution in [0, 0.1) is 0 Å². The molecule has 0 bridgehead atoms. The lowest BCUT2D eigenvalue weighted by Gasteiger charge is -2.23. The Balaban J connectivity index is 1.89. The first-order chi connectivity index (χ1) is 9.24. The summed E-state index contributed by atoms with van der Waals surface area (Å²) in [5, 5.41) is 0.541. The Kier molecular flexibility index (Phi) is 3.61. The summed E-state index contributed by atoms with van der Waals surface area (Å²) in [7, 11) is 0. The molecule has 0 amide bonds. The maximum absolute atomic E-state index is 5.82. The van der Waals surface area contributed by atoms with E-state index in [0.29, 0.717) is 11.0 Å². The molecule has 19 heavy (non-hydrogen) atoms. The van der Waals surface area contributed by atoms with Gasteiger partial charge < -0.3 is 4.90 Å². The van der Waals surface area contributed by atoms with Crippen molar-refractivity contribution in [3.8, 4) is 0 Å². The fraction of sp³-hybridized carbons (Fsp3) is 0.333. The number of aromatic nitrogens is 4. The molecule has 1 unspecified atom stereocenters. The Bertz CT molecular complexity index is 508. The number of rotatable bonds is 2. The van der Waals surface area contributed by atoms with Crippen LogP contribution in [0.1, 0.15) is 24.7 Å². The first-order valence-corrected chi connectivity index (χ1v) is 7.13. The van der Waals surface area contributed by atoms with Gasteiger partial charge in [-0.3, -0.25) is 0 Å². The minimum atomic E-state index is 0.134. The summed E-state index contributed by atoms with van der Waals surface area (Å²) < 4.78 is 0.878. The lowest BCUT2D eigenvalue weighted by Crippen LogP contribution is -2.25. The standard InChI is InChI=1S/C12H11BrClN5/c13-8-4-15-11(16-5-8)10-2-1-3-19(10)12-17-6-9(14)7-18-12/h4-7,10H,1-3H2. The SMILES string of the molecule is Clc1cnc(N2CCCC2c2ncc(Br)cn2)nc1. The zero-order chi connectivity index (χ0) is 13.2. The van der Waals surface area contributed by atoms with Gasteiger partial charge in [0.15, 0.2) is 5.82 Å². The van der Waals surface area contributed by atoms with Crippen molar-refractivity contribution in [2.24, 2.45) is 0 Å². The molecule has 1 aliphatic heterocycles. The Labute approximate surface area is 124 Å². The van der Waals surface area contributed by atoms with Crippen molar-refractivity contribution in [1.29, 1.82) is 0 Å². The van der Waals surface area contributed by atoms with Gasteiger partial charge in [0.1, 0.15) is 0 Å². The van der Waals surface area contributed by atoms with Gasteiger partial charge in [0.25, 0.3) is 0 Å². The van der Waals surface area contributed by atoms with Gasteiger partial charge in [-0.1, -0.05) is 11.6 Å². The molecule has 7 heteroatoms. The molecular weight excluding hydrogens is 330 g/mol.